The number of nitrogens with zero attached hydrogens (tertiary/aromatic N) is 2. The number of ether oxygens (including phenoxy) is 2. The van der Waals surface area contributed by atoms with Crippen LogP contribution in [0.25, 0.3) is 0 Å². The fourth-order valence-electron chi connectivity index (χ4n) is 3.55. The average molecular weight is 390 g/mol. The number of aromatic nitrogens is 2. The van der Waals surface area contributed by atoms with E-state index in [9.17, 15) is 19.1 Å². The van der Waals surface area contributed by atoms with Gasteiger partial charge in [-0.25, -0.2) is 13.9 Å². The van der Waals surface area contributed by atoms with E-state index in [0.717, 1.165) is 42.5 Å². The van der Waals surface area contributed by atoms with E-state index in [1.165, 1.54) is 31.9 Å². The summed E-state index contributed by atoms with van der Waals surface area (Å²) in [6, 6.07) is 4.16. The van der Waals surface area contributed by atoms with Crippen LogP contribution in [0.2, 0.25) is 0 Å². The van der Waals surface area contributed by atoms with Crippen molar-refractivity contribution in [3.63, 3.8) is 0 Å². The van der Waals surface area contributed by atoms with Gasteiger partial charge < -0.3 is 14.6 Å². The van der Waals surface area contributed by atoms with Crippen molar-refractivity contribution < 1.29 is 23.8 Å². The summed E-state index contributed by atoms with van der Waals surface area (Å²) >= 11 is 0. The van der Waals surface area contributed by atoms with Crippen LogP contribution >= 0.6 is 0 Å². The zero-order chi connectivity index (χ0) is 20.1. The van der Waals surface area contributed by atoms with Crippen molar-refractivity contribution in [2.45, 2.75) is 44.6 Å². The van der Waals surface area contributed by atoms with Gasteiger partial charge in [0.25, 0.3) is 5.56 Å². The highest BCUT2D eigenvalue weighted by Gasteiger charge is 2.27. The molecule has 1 saturated carbocycles. The smallest absolute Gasteiger partial charge is 0.328 e. The first kappa shape index (κ1) is 19.9. The maximum Gasteiger partial charge on any atom is 0.328 e. The zero-order valence-electron chi connectivity index (χ0n) is 15.6. The molecule has 1 aromatic heterocycles. The first-order valence-electron chi connectivity index (χ1n) is 9.31. The molecule has 1 aliphatic carbocycles. The van der Waals surface area contributed by atoms with Gasteiger partial charge in [-0.1, -0.05) is 32.1 Å². The molecule has 1 N–H and O–H groups in total. The fraction of sp³-hybridized carbons (Fsp3) is 0.450. The standard InChI is InChI=1S/C20H23FN2O5/c1-27-14-7-8-18(16(21)10-14)28-15-11-19(24)23(22-12-15)17(20(25)26)9-13-5-3-2-4-6-13/h7-8,10-13,17H,2-6,9H2,1H3,(H,25,26). The fourth-order valence-corrected chi connectivity index (χ4v) is 3.55. The van der Waals surface area contributed by atoms with Gasteiger partial charge in [0.2, 0.25) is 0 Å². The lowest BCUT2D eigenvalue weighted by Gasteiger charge is -2.25. The Morgan fingerprint density at radius 3 is 2.64 bits per heavy atom. The van der Waals surface area contributed by atoms with Crippen LogP contribution in [0.15, 0.2) is 35.3 Å². The summed E-state index contributed by atoms with van der Waals surface area (Å²) in [6.07, 6.45) is 6.86. The topological polar surface area (TPSA) is 90.7 Å². The van der Waals surface area contributed by atoms with Crippen LogP contribution in [0.3, 0.4) is 0 Å². The van der Waals surface area contributed by atoms with Crippen LogP contribution in [-0.2, 0) is 4.79 Å². The van der Waals surface area contributed by atoms with Crippen LogP contribution < -0.4 is 15.0 Å². The van der Waals surface area contributed by atoms with Gasteiger partial charge in [-0.05, 0) is 24.5 Å². The number of hydrogen-bond acceptors (Lipinski definition) is 5. The summed E-state index contributed by atoms with van der Waals surface area (Å²) in [7, 11) is 1.42. The summed E-state index contributed by atoms with van der Waals surface area (Å²) in [5, 5.41) is 13.6. The Bertz CT molecular complexity index is 892. The van der Waals surface area contributed by atoms with Gasteiger partial charge in [0.15, 0.2) is 23.4 Å². The van der Waals surface area contributed by atoms with Crippen molar-refractivity contribution in [3.05, 3.63) is 46.6 Å². The predicted octanol–water partition coefficient (Wildman–Crippen LogP) is 3.78. The van der Waals surface area contributed by atoms with E-state index in [1.807, 2.05) is 0 Å². The number of hydrogen-bond donors (Lipinski definition) is 1. The van der Waals surface area contributed by atoms with E-state index < -0.39 is 23.4 Å². The molecule has 0 spiro atoms. The second-order valence-corrected chi connectivity index (χ2v) is 6.97. The third-order valence-electron chi connectivity index (χ3n) is 5.03. The lowest BCUT2D eigenvalue weighted by Crippen LogP contribution is -2.33. The number of carboxylic acid groups (broad SMARTS) is 1. The van der Waals surface area contributed by atoms with Crippen molar-refractivity contribution in [1.29, 1.82) is 0 Å². The van der Waals surface area contributed by atoms with E-state index in [1.54, 1.807) is 0 Å². The summed E-state index contributed by atoms with van der Waals surface area (Å²) in [6.45, 7) is 0. The van der Waals surface area contributed by atoms with E-state index in [2.05, 4.69) is 5.10 Å². The van der Waals surface area contributed by atoms with Crippen molar-refractivity contribution in [1.82, 2.24) is 9.78 Å². The molecular formula is C20H23FN2O5. The molecule has 0 bridgehead atoms. The van der Waals surface area contributed by atoms with Gasteiger partial charge in [-0.3, -0.25) is 4.79 Å². The molecular weight excluding hydrogens is 367 g/mol. The van der Waals surface area contributed by atoms with Crippen LogP contribution in [0.5, 0.6) is 17.2 Å². The Morgan fingerprint density at radius 2 is 2.04 bits per heavy atom. The van der Waals surface area contributed by atoms with Crippen LogP contribution in [0.1, 0.15) is 44.6 Å². The Morgan fingerprint density at radius 1 is 1.29 bits per heavy atom. The highest BCUT2D eigenvalue weighted by atomic mass is 19.1. The highest BCUT2D eigenvalue weighted by molar-refractivity contribution is 5.71. The van der Waals surface area contributed by atoms with Crippen molar-refractivity contribution in [3.8, 4) is 17.2 Å². The second kappa shape index (κ2) is 8.86. The van der Waals surface area contributed by atoms with Gasteiger partial charge in [-0.2, -0.15) is 5.10 Å². The number of halogens is 1. The van der Waals surface area contributed by atoms with E-state index in [0.29, 0.717) is 12.2 Å². The molecule has 0 radical (unpaired) electrons. The van der Waals surface area contributed by atoms with E-state index >= 15 is 0 Å². The molecule has 0 saturated heterocycles. The Balaban J connectivity index is 1.78. The summed E-state index contributed by atoms with van der Waals surface area (Å²) < 4.78 is 25.3. The molecule has 3 rings (SSSR count). The number of methoxy groups -OCH3 is 1. The molecule has 1 atom stereocenters. The van der Waals surface area contributed by atoms with Gasteiger partial charge in [0.05, 0.1) is 13.3 Å². The quantitative estimate of drug-likeness (QED) is 0.774. The largest absolute Gasteiger partial charge is 0.497 e. The molecule has 1 unspecified atom stereocenters. The summed E-state index contributed by atoms with van der Waals surface area (Å²) in [5.74, 6) is -1.18. The van der Waals surface area contributed by atoms with Crippen molar-refractivity contribution >= 4 is 5.97 Å². The van der Waals surface area contributed by atoms with E-state index in [-0.39, 0.29) is 17.4 Å². The van der Waals surface area contributed by atoms with Crippen molar-refractivity contribution in [2.75, 3.05) is 7.11 Å². The lowest BCUT2D eigenvalue weighted by atomic mass is 9.85. The van der Waals surface area contributed by atoms with Crippen molar-refractivity contribution in [2.24, 2.45) is 5.92 Å². The zero-order valence-corrected chi connectivity index (χ0v) is 15.6. The van der Waals surface area contributed by atoms with Gasteiger partial charge >= 0.3 is 5.97 Å². The maximum absolute atomic E-state index is 14.0. The second-order valence-electron chi connectivity index (χ2n) is 6.97. The number of benzene rings is 1. The van der Waals surface area contributed by atoms with E-state index in [4.69, 9.17) is 9.47 Å². The van der Waals surface area contributed by atoms with Crippen LogP contribution in [0, 0.1) is 11.7 Å². The molecule has 150 valence electrons. The molecule has 28 heavy (non-hydrogen) atoms. The maximum atomic E-state index is 14.0. The number of carbonyl (C=O) groups is 1. The van der Waals surface area contributed by atoms with Gasteiger partial charge in [0.1, 0.15) is 5.75 Å². The molecule has 1 heterocycles. The summed E-state index contributed by atoms with van der Waals surface area (Å²) in [4.78, 5) is 24.2. The molecule has 1 aliphatic rings. The minimum absolute atomic E-state index is 0.0344. The third-order valence-corrected chi connectivity index (χ3v) is 5.03. The van der Waals surface area contributed by atoms with Gasteiger partial charge in [0, 0.05) is 12.1 Å². The minimum Gasteiger partial charge on any atom is -0.497 e. The first-order valence-corrected chi connectivity index (χ1v) is 9.31. The molecule has 1 fully saturated rings. The first-order chi connectivity index (χ1) is 13.5. The third kappa shape index (κ3) is 4.68. The monoisotopic (exact) mass is 390 g/mol. The molecule has 7 nitrogen and oxygen atoms in total. The SMILES string of the molecule is COc1ccc(Oc2cnn(C(CC3CCCCC3)C(=O)O)c(=O)c2)c(F)c1. The predicted molar refractivity (Wildman–Crippen MR) is 99.4 cm³/mol. The Labute approximate surface area is 161 Å². The molecule has 1 aromatic carbocycles. The average Bonchev–Trinajstić information content (AvgIpc) is 2.69. The van der Waals surface area contributed by atoms with Gasteiger partial charge in [-0.15, -0.1) is 0 Å². The minimum atomic E-state index is -1.09. The lowest BCUT2D eigenvalue weighted by molar-refractivity contribution is -0.142. The number of rotatable bonds is 7. The van der Waals surface area contributed by atoms with Crippen LogP contribution in [-0.4, -0.2) is 28.0 Å². The van der Waals surface area contributed by atoms with Crippen LogP contribution in [0.4, 0.5) is 4.39 Å². The molecule has 2 aromatic rings. The number of carboxylic acids is 1. The Kier molecular flexibility index (Phi) is 6.28. The molecule has 0 amide bonds. The Hall–Kier alpha value is -2.90. The number of aliphatic carboxylic acids is 1. The summed E-state index contributed by atoms with van der Waals surface area (Å²) in [5.41, 5.74) is -0.602. The normalized spacial score (nSPS) is 15.8. The highest BCUT2D eigenvalue weighted by Crippen LogP contribution is 2.31. The molecule has 0 aliphatic heterocycles. The molecule has 8 heteroatoms.